The van der Waals surface area contributed by atoms with E-state index < -0.39 is 24.3 Å². The topological polar surface area (TPSA) is 65.0 Å². The monoisotopic (exact) mass is 346 g/mol. The highest BCUT2D eigenvalue weighted by molar-refractivity contribution is 6.63. The maximum absolute atomic E-state index is 10.7. The lowest BCUT2D eigenvalue weighted by atomic mass is 9.78. The van der Waals surface area contributed by atoms with Crippen molar-refractivity contribution in [3.63, 3.8) is 0 Å². The summed E-state index contributed by atoms with van der Waals surface area (Å²) in [4.78, 5) is 10.7. The van der Waals surface area contributed by atoms with Gasteiger partial charge in [0.2, 0.25) is 0 Å². The zero-order chi connectivity index (χ0) is 18.7. The molecule has 0 spiro atoms. The summed E-state index contributed by atoms with van der Waals surface area (Å²) in [5, 5.41) is 8.80. The van der Waals surface area contributed by atoms with Crippen LogP contribution in [0, 0.1) is 0 Å². The first kappa shape index (κ1) is 19.5. The van der Waals surface area contributed by atoms with E-state index in [0.29, 0.717) is 12.4 Å². The highest BCUT2D eigenvalue weighted by Crippen LogP contribution is 2.37. The number of unbranched alkanes of at least 4 members (excludes halogenated alkanes) is 1. The van der Waals surface area contributed by atoms with Gasteiger partial charge in [0.1, 0.15) is 5.75 Å². The maximum Gasteiger partial charge on any atom is 0.498 e. The molecule has 0 atom stereocenters. The van der Waals surface area contributed by atoms with Gasteiger partial charge in [-0.25, -0.2) is 4.79 Å². The molecule has 136 valence electrons. The molecule has 0 bridgehead atoms. The third-order valence-electron chi connectivity index (χ3n) is 4.72. The molecule has 0 unspecified atom stereocenters. The number of carboxylic acid groups (broad SMARTS) is 1. The van der Waals surface area contributed by atoms with Crippen molar-refractivity contribution in [3.05, 3.63) is 29.8 Å². The molecule has 6 heteroatoms. The van der Waals surface area contributed by atoms with E-state index in [4.69, 9.17) is 19.2 Å². The minimum Gasteiger partial charge on any atom is -0.494 e. The minimum absolute atomic E-state index is 0.430. The molecule has 0 amide bonds. The van der Waals surface area contributed by atoms with Crippen LogP contribution in [-0.2, 0) is 14.1 Å². The first-order valence-electron chi connectivity index (χ1n) is 8.69. The first-order valence-corrected chi connectivity index (χ1v) is 8.69. The van der Waals surface area contributed by atoms with Crippen molar-refractivity contribution in [2.45, 2.75) is 58.7 Å². The highest BCUT2D eigenvalue weighted by Gasteiger charge is 2.52. The summed E-state index contributed by atoms with van der Waals surface area (Å²) in [5.41, 5.74) is 0.719. The summed E-state index contributed by atoms with van der Waals surface area (Å²) in [6, 6.07) is 5.55. The van der Waals surface area contributed by atoms with Gasteiger partial charge < -0.3 is 19.2 Å². The summed E-state index contributed by atoms with van der Waals surface area (Å²) < 4.78 is 18.2. The van der Waals surface area contributed by atoms with Crippen molar-refractivity contribution in [3.8, 4) is 5.75 Å². The predicted molar refractivity (Wildman–Crippen MR) is 99.2 cm³/mol. The van der Waals surface area contributed by atoms with E-state index in [1.165, 1.54) is 0 Å². The van der Waals surface area contributed by atoms with E-state index in [1.54, 1.807) is 6.08 Å². The lowest BCUT2D eigenvalue weighted by Gasteiger charge is -2.32. The van der Waals surface area contributed by atoms with Gasteiger partial charge >= 0.3 is 13.1 Å². The number of aliphatic carboxylic acids is 1. The zero-order valence-corrected chi connectivity index (χ0v) is 15.7. The average molecular weight is 346 g/mol. The molecule has 1 fully saturated rings. The van der Waals surface area contributed by atoms with Crippen LogP contribution in [-0.4, -0.2) is 36.0 Å². The van der Waals surface area contributed by atoms with Crippen molar-refractivity contribution in [2.75, 3.05) is 6.61 Å². The van der Waals surface area contributed by atoms with Crippen molar-refractivity contribution in [1.82, 2.24) is 0 Å². The summed E-state index contributed by atoms with van der Waals surface area (Å²) in [6.45, 7) is 10.7. The van der Waals surface area contributed by atoms with Gasteiger partial charge in [0.05, 0.1) is 17.8 Å². The van der Waals surface area contributed by atoms with Gasteiger partial charge in [-0.15, -0.1) is 0 Å². The van der Waals surface area contributed by atoms with Crippen LogP contribution < -0.4 is 10.2 Å². The van der Waals surface area contributed by atoms with Gasteiger partial charge in [-0.05, 0) is 51.8 Å². The number of carboxylic acids is 1. The standard InChI is InChI=1S/C19H27BO5/c1-6-7-12-23-16-13-14(9-11-17(21)22)8-10-15(16)20-24-18(2,3)19(4,5)25-20/h8-11,13H,6-7,12H2,1-5H3,(H,21,22). The van der Waals surface area contributed by atoms with Crippen LogP contribution in [0.1, 0.15) is 53.0 Å². The molecule has 2 rings (SSSR count). The molecule has 1 saturated heterocycles. The Balaban J connectivity index is 2.31. The van der Waals surface area contributed by atoms with Gasteiger partial charge in [0, 0.05) is 11.5 Å². The van der Waals surface area contributed by atoms with Gasteiger partial charge in [0.25, 0.3) is 0 Å². The van der Waals surface area contributed by atoms with Crippen molar-refractivity contribution in [1.29, 1.82) is 0 Å². The van der Waals surface area contributed by atoms with Crippen molar-refractivity contribution < 1.29 is 23.9 Å². The molecular formula is C19H27BO5. The Morgan fingerprint density at radius 2 is 1.88 bits per heavy atom. The molecule has 0 aliphatic carbocycles. The molecule has 0 radical (unpaired) electrons. The SMILES string of the molecule is CCCCOc1cc(C=CC(=O)O)ccc1B1OC(C)(C)C(C)(C)O1. The number of ether oxygens (including phenoxy) is 1. The third kappa shape index (κ3) is 4.64. The summed E-state index contributed by atoms with van der Waals surface area (Å²) >= 11 is 0. The molecule has 1 N–H and O–H groups in total. The molecule has 25 heavy (non-hydrogen) atoms. The lowest BCUT2D eigenvalue weighted by Crippen LogP contribution is -2.41. The number of rotatable bonds is 7. The second-order valence-corrected chi connectivity index (χ2v) is 7.26. The Hall–Kier alpha value is -1.79. The molecule has 5 nitrogen and oxygen atoms in total. The Bertz CT molecular complexity index is 635. The van der Waals surface area contributed by atoms with Gasteiger partial charge in [0.15, 0.2) is 0 Å². The van der Waals surface area contributed by atoms with E-state index in [-0.39, 0.29) is 0 Å². The summed E-state index contributed by atoms with van der Waals surface area (Å²) in [7, 11) is -0.515. The van der Waals surface area contributed by atoms with Crippen molar-refractivity contribution in [2.24, 2.45) is 0 Å². The van der Waals surface area contributed by atoms with Crippen LogP contribution in [0.2, 0.25) is 0 Å². The van der Waals surface area contributed by atoms with E-state index in [1.807, 2.05) is 45.9 Å². The molecule has 1 aliphatic heterocycles. The molecule has 0 aromatic heterocycles. The lowest BCUT2D eigenvalue weighted by molar-refractivity contribution is -0.131. The average Bonchev–Trinajstić information content (AvgIpc) is 2.73. The van der Waals surface area contributed by atoms with Crippen LogP contribution in [0.3, 0.4) is 0 Å². The fourth-order valence-electron chi connectivity index (χ4n) is 2.44. The number of carbonyl (C=O) groups is 1. The Labute approximate surface area is 150 Å². The predicted octanol–water partition coefficient (Wildman–Crippen LogP) is 3.26. The fraction of sp³-hybridized carbons (Fsp3) is 0.526. The van der Waals surface area contributed by atoms with Crippen LogP contribution in [0.25, 0.3) is 6.08 Å². The van der Waals surface area contributed by atoms with Crippen LogP contribution in [0.5, 0.6) is 5.75 Å². The quantitative estimate of drug-likeness (QED) is 0.466. The van der Waals surface area contributed by atoms with E-state index in [0.717, 1.165) is 29.9 Å². The van der Waals surface area contributed by atoms with Gasteiger partial charge in [-0.3, -0.25) is 0 Å². The Morgan fingerprint density at radius 3 is 2.44 bits per heavy atom. The molecule has 0 saturated carbocycles. The minimum atomic E-state index is -0.983. The second-order valence-electron chi connectivity index (χ2n) is 7.26. The van der Waals surface area contributed by atoms with Crippen LogP contribution >= 0.6 is 0 Å². The van der Waals surface area contributed by atoms with E-state index in [9.17, 15) is 4.79 Å². The van der Waals surface area contributed by atoms with Crippen LogP contribution in [0.4, 0.5) is 0 Å². The van der Waals surface area contributed by atoms with Gasteiger partial charge in [-0.1, -0.05) is 25.5 Å². The largest absolute Gasteiger partial charge is 0.498 e. The third-order valence-corrected chi connectivity index (χ3v) is 4.72. The number of benzene rings is 1. The number of hydrogen-bond donors (Lipinski definition) is 1. The maximum atomic E-state index is 10.7. The summed E-state index contributed by atoms with van der Waals surface area (Å²) in [6.07, 6.45) is 4.63. The van der Waals surface area contributed by atoms with Gasteiger partial charge in [-0.2, -0.15) is 0 Å². The molecular weight excluding hydrogens is 319 g/mol. The normalized spacial score (nSPS) is 18.7. The first-order chi connectivity index (χ1) is 11.7. The second kappa shape index (κ2) is 7.62. The fourth-order valence-corrected chi connectivity index (χ4v) is 2.44. The molecule has 1 aromatic rings. The zero-order valence-electron chi connectivity index (χ0n) is 15.7. The molecule has 1 aliphatic rings. The highest BCUT2D eigenvalue weighted by atomic mass is 16.7. The Morgan fingerprint density at radius 1 is 1.24 bits per heavy atom. The van der Waals surface area contributed by atoms with E-state index >= 15 is 0 Å². The molecule has 1 heterocycles. The Kier molecular flexibility index (Phi) is 5.96. The smallest absolute Gasteiger partial charge is 0.494 e. The van der Waals surface area contributed by atoms with Crippen LogP contribution in [0.15, 0.2) is 24.3 Å². The number of hydrogen-bond acceptors (Lipinski definition) is 4. The van der Waals surface area contributed by atoms with Crippen molar-refractivity contribution >= 4 is 24.6 Å². The van der Waals surface area contributed by atoms with E-state index in [2.05, 4.69) is 6.92 Å². The molecule has 1 aromatic carbocycles. The summed E-state index contributed by atoms with van der Waals surface area (Å²) in [5.74, 6) is -0.317.